The lowest BCUT2D eigenvalue weighted by atomic mass is 9.87. The zero-order valence-corrected chi connectivity index (χ0v) is 19.6. The van der Waals surface area contributed by atoms with Crippen LogP contribution in [0.5, 0.6) is 0 Å². The van der Waals surface area contributed by atoms with Crippen LogP contribution in [0.1, 0.15) is 37.7 Å². The fourth-order valence-electron chi connectivity index (χ4n) is 4.97. The number of urea groups is 1. The molecular weight excluding hydrogens is 465 g/mol. The highest BCUT2D eigenvalue weighted by molar-refractivity contribution is 5.92. The first-order chi connectivity index (χ1) is 16.7. The number of carbonyl (C=O) groups is 3. The van der Waals surface area contributed by atoms with Crippen LogP contribution < -0.4 is 5.32 Å². The van der Waals surface area contributed by atoms with E-state index in [1.54, 1.807) is 9.80 Å². The van der Waals surface area contributed by atoms with Crippen molar-refractivity contribution in [3.63, 3.8) is 0 Å². The number of hydrogen-bond donors (Lipinski definition) is 1. The summed E-state index contributed by atoms with van der Waals surface area (Å²) in [4.78, 5) is 44.4. The molecule has 4 amide bonds. The molecule has 1 aliphatic carbocycles. The van der Waals surface area contributed by atoms with Crippen LogP contribution in [0, 0.1) is 5.92 Å². The number of halogens is 3. The van der Waals surface area contributed by atoms with Crippen LogP contribution in [0.15, 0.2) is 24.3 Å². The zero-order valence-electron chi connectivity index (χ0n) is 19.6. The van der Waals surface area contributed by atoms with Crippen LogP contribution in [0.25, 0.3) is 0 Å². The van der Waals surface area contributed by atoms with Crippen molar-refractivity contribution in [1.29, 1.82) is 0 Å². The highest BCUT2D eigenvalue weighted by Crippen LogP contribution is 2.30. The Morgan fingerprint density at radius 2 is 1.51 bits per heavy atom. The molecule has 0 aromatic heterocycles. The number of rotatable bonds is 3. The molecule has 1 unspecified atom stereocenters. The van der Waals surface area contributed by atoms with E-state index in [2.05, 4.69) is 5.32 Å². The van der Waals surface area contributed by atoms with Gasteiger partial charge in [-0.3, -0.25) is 9.59 Å². The Hall–Kier alpha value is -2.82. The second kappa shape index (κ2) is 10.8. The van der Waals surface area contributed by atoms with Gasteiger partial charge in [0.15, 0.2) is 0 Å². The monoisotopic (exact) mass is 496 g/mol. The number of ether oxygens (including phenoxy) is 1. The molecule has 1 N–H and O–H groups in total. The number of hydrogen-bond acceptors (Lipinski definition) is 4. The molecule has 4 rings (SSSR count). The maximum absolute atomic E-state index is 13.4. The van der Waals surface area contributed by atoms with Crippen LogP contribution in [0.2, 0.25) is 0 Å². The normalized spacial score (nSPS) is 22.1. The third-order valence-corrected chi connectivity index (χ3v) is 6.98. The summed E-state index contributed by atoms with van der Waals surface area (Å²) in [6.07, 6.45) is 0.258. The van der Waals surface area contributed by atoms with Gasteiger partial charge in [0.1, 0.15) is 6.04 Å². The minimum absolute atomic E-state index is 0.0286. The van der Waals surface area contributed by atoms with E-state index in [9.17, 15) is 27.6 Å². The predicted octanol–water partition coefficient (Wildman–Crippen LogP) is 3.19. The summed E-state index contributed by atoms with van der Waals surface area (Å²) in [7, 11) is 0. The fraction of sp³-hybridized carbons (Fsp3) is 0.625. The van der Waals surface area contributed by atoms with E-state index in [0.717, 1.165) is 44.2 Å². The molecule has 11 heteroatoms. The molecule has 3 aliphatic rings. The molecule has 1 saturated carbocycles. The second-order valence-corrected chi connectivity index (χ2v) is 9.27. The van der Waals surface area contributed by atoms with E-state index in [1.807, 2.05) is 0 Å². The van der Waals surface area contributed by atoms with E-state index < -0.39 is 23.8 Å². The van der Waals surface area contributed by atoms with Crippen molar-refractivity contribution < 1.29 is 32.3 Å². The summed E-state index contributed by atoms with van der Waals surface area (Å²) in [6, 6.07) is 2.88. The molecule has 2 aliphatic heterocycles. The largest absolute Gasteiger partial charge is 0.416 e. The molecule has 0 spiro atoms. The Balaban J connectivity index is 1.46. The first kappa shape index (κ1) is 25.3. The maximum Gasteiger partial charge on any atom is 0.416 e. The van der Waals surface area contributed by atoms with E-state index >= 15 is 0 Å². The van der Waals surface area contributed by atoms with E-state index in [4.69, 9.17) is 4.74 Å². The molecular formula is C24H31F3N4O4. The first-order valence-corrected chi connectivity index (χ1v) is 12.1. The maximum atomic E-state index is 13.4. The summed E-state index contributed by atoms with van der Waals surface area (Å²) >= 11 is 0. The third-order valence-electron chi connectivity index (χ3n) is 6.98. The Kier molecular flexibility index (Phi) is 7.83. The zero-order chi connectivity index (χ0) is 25.0. The molecule has 3 fully saturated rings. The van der Waals surface area contributed by atoms with E-state index in [0.29, 0.717) is 26.3 Å². The number of nitrogens with zero attached hydrogens (tertiary/aromatic N) is 3. The van der Waals surface area contributed by atoms with Crippen molar-refractivity contribution >= 4 is 23.5 Å². The minimum Gasteiger partial charge on any atom is -0.378 e. The molecule has 1 atom stereocenters. The fourth-order valence-corrected chi connectivity index (χ4v) is 4.97. The van der Waals surface area contributed by atoms with Crippen LogP contribution in [0.4, 0.5) is 23.7 Å². The van der Waals surface area contributed by atoms with Gasteiger partial charge in [-0.25, -0.2) is 4.79 Å². The molecule has 1 aromatic rings. The summed E-state index contributed by atoms with van der Waals surface area (Å²) in [6.45, 7) is 2.20. The van der Waals surface area contributed by atoms with Gasteiger partial charge in [0.2, 0.25) is 11.8 Å². The van der Waals surface area contributed by atoms with Gasteiger partial charge in [0.25, 0.3) is 0 Å². The molecule has 8 nitrogen and oxygen atoms in total. The number of anilines is 1. The Morgan fingerprint density at radius 1 is 0.857 bits per heavy atom. The standard InChI is InChI=1S/C24H31F3N4O4/c25-24(26,27)18-6-8-19(9-7-18)28-23(34)30-10-11-31(21(32)17-4-2-1-3-5-17)20(16-30)22(33)29-12-14-35-15-13-29/h6-9,17,20H,1-5,10-16H2,(H,28,34). The lowest BCUT2D eigenvalue weighted by Crippen LogP contribution is -2.64. The molecule has 1 aromatic carbocycles. The quantitative estimate of drug-likeness (QED) is 0.697. The van der Waals surface area contributed by atoms with Gasteiger partial charge in [-0.15, -0.1) is 0 Å². The van der Waals surface area contributed by atoms with Gasteiger partial charge in [-0.1, -0.05) is 19.3 Å². The van der Waals surface area contributed by atoms with Crippen molar-refractivity contribution in [2.75, 3.05) is 51.3 Å². The van der Waals surface area contributed by atoms with Gasteiger partial charge in [0, 0.05) is 37.8 Å². The molecule has 192 valence electrons. The smallest absolute Gasteiger partial charge is 0.378 e. The summed E-state index contributed by atoms with van der Waals surface area (Å²) in [5.41, 5.74) is -0.582. The van der Waals surface area contributed by atoms with Crippen LogP contribution >= 0.6 is 0 Å². The predicted molar refractivity (Wildman–Crippen MR) is 122 cm³/mol. The van der Waals surface area contributed by atoms with Crippen LogP contribution in [0.3, 0.4) is 0 Å². The van der Waals surface area contributed by atoms with Crippen LogP contribution in [-0.4, -0.2) is 84.5 Å². The molecule has 0 bridgehead atoms. The average Bonchev–Trinajstić information content (AvgIpc) is 2.88. The number of benzene rings is 1. The van der Waals surface area contributed by atoms with Crippen molar-refractivity contribution in [1.82, 2.24) is 14.7 Å². The highest BCUT2D eigenvalue weighted by atomic mass is 19.4. The van der Waals surface area contributed by atoms with E-state index in [-0.39, 0.29) is 43.1 Å². The first-order valence-electron chi connectivity index (χ1n) is 12.1. The summed E-state index contributed by atoms with van der Waals surface area (Å²) in [5.74, 6) is -0.333. The summed E-state index contributed by atoms with van der Waals surface area (Å²) < 4.78 is 43.8. The van der Waals surface area contributed by atoms with Crippen molar-refractivity contribution in [3.8, 4) is 0 Å². The number of piperazine rings is 1. The highest BCUT2D eigenvalue weighted by Gasteiger charge is 2.41. The van der Waals surface area contributed by atoms with Gasteiger partial charge >= 0.3 is 12.2 Å². The Labute approximate surface area is 202 Å². The van der Waals surface area contributed by atoms with Crippen molar-refractivity contribution in [2.24, 2.45) is 5.92 Å². The van der Waals surface area contributed by atoms with Crippen molar-refractivity contribution in [2.45, 2.75) is 44.3 Å². The molecule has 2 heterocycles. The van der Waals surface area contributed by atoms with Gasteiger partial charge < -0.3 is 24.8 Å². The average molecular weight is 497 g/mol. The Morgan fingerprint density at radius 3 is 2.14 bits per heavy atom. The molecule has 0 radical (unpaired) electrons. The van der Waals surface area contributed by atoms with Gasteiger partial charge in [-0.2, -0.15) is 13.2 Å². The molecule has 2 saturated heterocycles. The summed E-state index contributed by atoms with van der Waals surface area (Å²) in [5, 5.41) is 2.61. The number of nitrogens with one attached hydrogen (secondary N) is 1. The van der Waals surface area contributed by atoms with Gasteiger partial charge in [-0.05, 0) is 37.1 Å². The van der Waals surface area contributed by atoms with E-state index in [1.165, 1.54) is 17.0 Å². The number of amides is 4. The van der Waals surface area contributed by atoms with Crippen molar-refractivity contribution in [3.05, 3.63) is 29.8 Å². The molecule has 35 heavy (non-hydrogen) atoms. The number of alkyl halides is 3. The minimum atomic E-state index is -4.46. The lowest BCUT2D eigenvalue weighted by Gasteiger charge is -2.44. The number of carbonyl (C=O) groups excluding carboxylic acids is 3. The topological polar surface area (TPSA) is 82.2 Å². The van der Waals surface area contributed by atoms with Crippen LogP contribution in [-0.2, 0) is 20.5 Å². The van der Waals surface area contributed by atoms with Gasteiger partial charge in [0.05, 0.1) is 25.3 Å². The third kappa shape index (κ3) is 6.06. The lowest BCUT2D eigenvalue weighted by molar-refractivity contribution is -0.153. The Bertz CT molecular complexity index is 912. The SMILES string of the molecule is O=C(Nc1ccc(C(F)(F)F)cc1)N1CCN(C(=O)C2CCCCC2)C(C(=O)N2CCOCC2)C1. The number of morpholine rings is 1. The second-order valence-electron chi connectivity index (χ2n) is 9.27.